The van der Waals surface area contributed by atoms with Crippen molar-refractivity contribution in [3.8, 4) is 0 Å². The number of benzene rings is 1. The van der Waals surface area contributed by atoms with Crippen LogP contribution in [0.15, 0.2) is 30.3 Å². The van der Waals surface area contributed by atoms with Gasteiger partial charge in [0.25, 0.3) is 0 Å². The van der Waals surface area contributed by atoms with Crippen molar-refractivity contribution in [1.82, 2.24) is 0 Å². The van der Waals surface area contributed by atoms with Gasteiger partial charge in [-0.3, -0.25) is 4.79 Å². The third kappa shape index (κ3) is 2.91. The van der Waals surface area contributed by atoms with Gasteiger partial charge in [-0.25, -0.2) is 0 Å². The number of aldehydes is 1. The van der Waals surface area contributed by atoms with Gasteiger partial charge < -0.3 is 9.90 Å². The van der Waals surface area contributed by atoms with E-state index in [0.29, 0.717) is 6.29 Å². The fraction of sp³-hybridized carbons (Fsp3) is 0.333. The number of rotatable bonds is 5. The highest BCUT2D eigenvalue weighted by Crippen LogP contribution is 2.26. The monoisotopic (exact) mass is 206 g/mol. The van der Waals surface area contributed by atoms with E-state index in [2.05, 4.69) is 0 Å². The van der Waals surface area contributed by atoms with Gasteiger partial charge in [-0.2, -0.15) is 0 Å². The van der Waals surface area contributed by atoms with Gasteiger partial charge >= 0.3 is 5.97 Å². The molecule has 0 aliphatic heterocycles. The van der Waals surface area contributed by atoms with Crippen LogP contribution in [0.5, 0.6) is 0 Å². The number of hydrogen-bond donors (Lipinski definition) is 1. The number of carbonyl (C=O) groups excluding carboxylic acids is 1. The standard InChI is InChI=1S/C12H14O3/c1-9(10-5-3-2-4-6-10)11(7-8-13)12(14)15/h2-6,8-9,11H,7H2,1H3,(H,14,15)/t9-,11?/m1/s1. The maximum Gasteiger partial charge on any atom is 0.307 e. The first-order valence-electron chi connectivity index (χ1n) is 4.88. The summed E-state index contributed by atoms with van der Waals surface area (Å²) in [6.07, 6.45) is 0.726. The molecule has 1 N–H and O–H groups in total. The summed E-state index contributed by atoms with van der Waals surface area (Å²) in [4.78, 5) is 21.3. The largest absolute Gasteiger partial charge is 0.481 e. The highest BCUT2D eigenvalue weighted by molar-refractivity contribution is 5.74. The lowest BCUT2D eigenvalue weighted by atomic mass is 9.86. The maximum atomic E-state index is 10.9. The van der Waals surface area contributed by atoms with E-state index in [1.165, 1.54) is 0 Å². The molecule has 2 atom stereocenters. The molecule has 0 amide bonds. The van der Waals surface area contributed by atoms with Gasteiger partial charge in [0.05, 0.1) is 5.92 Å². The number of carbonyl (C=O) groups is 2. The van der Waals surface area contributed by atoms with Crippen molar-refractivity contribution in [1.29, 1.82) is 0 Å². The number of carboxylic acid groups (broad SMARTS) is 1. The zero-order valence-electron chi connectivity index (χ0n) is 8.59. The third-order valence-corrected chi connectivity index (χ3v) is 2.60. The Morgan fingerprint density at radius 3 is 2.47 bits per heavy atom. The Kier molecular flexibility index (Phi) is 4.03. The van der Waals surface area contributed by atoms with Crippen molar-refractivity contribution in [3.05, 3.63) is 35.9 Å². The average Bonchev–Trinajstić information content (AvgIpc) is 2.26. The quantitative estimate of drug-likeness (QED) is 0.750. The second kappa shape index (κ2) is 5.29. The Morgan fingerprint density at radius 2 is 2.00 bits per heavy atom. The maximum absolute atomic E-state index is 10.9. The van der Waals surface area contributed by atoms with Crippen molar-refractivity contribution in [2.75, 3.05) is 0 Å². The molecule has 1 aromatic rings. The second-order valence-corrected chi connectivity index (χ2v) is 3.55. The molecule has 0 saturated carbocycles. The van der Waals surface area contributed by atoms with Crippen molar-refractivity contribution in [2.24, 2.45) is 5.92 Å². The summed E-state index contributed by atoms with van der Waals surface area (Å²) < 4.78 is 0. The normalized spacial score (nSPS) is 14.2. The van der Waals surface area contributed by atoms with E-state index in [-0.39, 0.29) is 12.3 Å². The van der Waals surface area contributed by atoms with Crippen LogP contribution in [-0.4, -0.2) is 17.4 Å². The van der Waals surface area contributed by atoms with Gasteiger partial charge in [0, 0.05) is 6.42 Å². The van der Waals surface area contributed by atoms with Gasteiger partial charge in [0.1, 0.15) is 6.29 Å². The lowest BCUT2D eigenvalue weighted by Gasteiger charge is -2.18. The second-order valence-electron chi connectivity index (χ2n) is 3.55. The average molecular weight is 206 g/mol. The number of hydrogen-bond acceptors (Lipinski definition) is 2. The summed E-state index contributed by atoms with van der Waals surface area (Å²) in [7, 11) is 0. The Hall–Kier alpha value is -1.64. The molecule has 1 aromatic carbocycles. The fourth-order valence-corrected chi connectivity index (χ4v) is 1.61. The van der Waals surface area contributed by atoms with E-state index in [9.17, 15) is 9.59 Å². The Bertz CT molecular complexity index is 332. The topological polar surface area (TPSA) is 54.4 Å². The first-order chi connectivity index (χ1) is 7.16. The molecule has 1 unspecified atom stereocenters. The van der Waals surface area contributed by atoms with Crippen molar-refractivity contribution in [2.45, 2.75) is 19.3 Å². The molecule has 15 heavy (non-hydrogen) atoms. The molecule has 0 saturated heterocycles. The van der Waals surface area contributed by atoms with E-state index in [4.69, 9.17) is 5.11 Å². The Morgan fingerprint density at radius 1 is 1.40 bits per heavy atom. The van der Waals surface area contributed by atoms with Crippen molar-refractivity contribution >= 4 is 12.3 Å². The molecule has 0 heterocycles. The lowest BCUT2D eigenvalue weighted by Crippen LogP contribution is -2.20. The highest BCUT2D eigenvalue weighted by Gasteiger charge is 2.25. The molecular weight excluding hydrogens is 192 g/mol. The van der Waals surface area contributed by atoms with Gasteiger partial charge in [0.15, 0.2) is 0 Å². The Labute approximate surface area is 88.7 Å². The van der Waals surface area contributed by atoms with Crippen LogP contribution in [0.25, 0.3) is 0 Å². The molecule has 3 heteroatoms. The summed E-state index contributed by atoms with van der Waals surface area (Å²) in [5, 5.41) is 8.98. The van der Waals surface area contributed by atoms with Crippen LogP contribution in [0.1, 0.15) is 24.8 Å². The van der Waals surface area contributed by atoms with Crippen LogP contribution in [-0.2, 0) is 9.59 Å². The highest BCUT2D eigenvalue weighted by atomic mass is 16.4. The van der Waals surface area contributed by atoms with Crippen LogP contribution in [0.3, 0.4) is 0 Å². The minimum absolute atomic E-state index is 0.0609. The Balaban J connectivity index is 2.85. The predicted molar refractivity (Wildman–Crippen MR) is 56.7 cm³/mol. The van der Waals surface area contributed by atoms with Crippen LogP contribution in [0, 0.1) is 5.92 Å². The molecule has 80 valence electrons. The molecule has 0 aromatic heterocycles. The van der Waals surface area contributed by atoms with Gasteiger partial charge in [-0.05, 0) is 11.5 Å². The molecule has 0 bridgehead atoms. The van der Waals surface area contributed by atoms with E-state index in [1.807, 2.05) is 37.3 Å². The van der Waals surface area contributed by atoms with E-state index >= 15 is 0 Å². The molecule has 0 spiro atoms. The summed E-state index contributed by atoms with van der Waals surface area (Å²) in [5.41, 5.74) is 0.951. The van der Waals surface area contributed by atoms with Crippen LogP contribution in [0.2, 0.25) is 0 Å². The zero-order valence-corrected chi connectivity index (χ0v) is 8.59. The first-order valence-corrected chi connectivity index (χ1v) is 4.88. The third-order valence-electron chi connectivity index (χ3n) is 2.60. The van der Waals surface area contributed by atoms with Gasteiger partial charge in [-0.1, -0.05) is 37.3 Å². The van der Waals surface area contributed by atoms with Crippen LogP contribution in [0.4, 0.5) is 0 Å². The van der Waals surface area contributed by atoms with E-state index in [1.54, 1.807) is 0 Å². The van der Waals surface area contributed by atoms with Crippen molar-refractivity contribution < 1.29 is 14.7 Å². The minimum atomic E-state index is -0.918. The molecule has 0 aliphatic carbocycles. The molecule has 0 radical (unpaired) electrons. The lowest BCUT2D eigenvalue weighted by molar-refractivity contribution is -0.143. The predicted octanol–water partition coefficient (Wildman–Crippen LogP) is 2.08. The summed E-state index contributed by atoms with van der Waals surface area (Å²) >= 11 is 0. The van der Waals surface area contributed by atoms with Crippen LogP contribution >= 0.6 is 0 Å². The molecule has 0 aliphatic rings. The summed E-state index contributed by atoms with van der Waals surface area (Å²) in [6.45, 7) is 1.83. The van der Waals surface area contributed by atoms with Gasteiger partial charge in [0.2, 0.25) is 0 Å². The summed E-state index contributed by atoms with van der Waals surface area (Å²) in [6, 6.07) is 9.37. The molecule has 0 fully saturated rings. The van der Waals surface area contributed by atoms with Crippen molar-refractivity contribution in [3.63, 3.8) is 0 Å². The minimum Gasteiger partial charge on any atom is -0.481 e. The van der Waals surface area contributed by atoms with Gasteiger partial charge in [-0.15, -0.1) is 0 Å². The van der Waals surface area contributed by atoms with E-state index < -0.39 is 11.9 Å². The first kappa shape index (κ1) is 11.4. The SMILES string of the molecule is C[C@H](c1ccccc1)C(CC=O)C(=O)O. The number of carboxylic acids is 1. The summed E-state index contributed by atoms with van der Waals surface area (Å²) in [5.74, 6) is -1.70. The molecule has 3 nitrogen and oxygen atoms in total. The van der Waals surface area contributed by atoms with E-state index in [0.717, 1.165) is 5.56 Å². The zero-order chi connectivity index (χ0) is 11.3. The molecular formula is C12H14O3. The smallest absolute Gasteiger partial charge is 0.307 e. The molecule has 1 rings (SSSR count). The fourth-order valence-electron chi connectivity index (χ4n) is 1.61. The number of aliphatic carboxylic acids is 1. The van der Waals surface area contributed by atoms with Crippen LogP contribution < -0.4 is 0 Å².